The summed E-state index contributed by atoms with van der Waals surface area (Å²) in [6.07, 6.45) is 68.5. The molecule has 0 spiro atoms. The Hall–Kier alpha value is -1.33. The minimum absolute atomic E-state index is 0.170. The minimum Gasteiger partial charge on any atom is -0.394 e. The molecule has 9 heteroatoms. The van der Waals surface area contributed by atoms with Gasteiger partial charge < -0.3 is 40.3 Å². The lowest BCUT2D eigenvalue weighted by Crippen LogP contribution is -2.60. The topological polar surface area (TPSA) is 149 Å². The first-order chi connectivity index (χ1) is 37.8. The third-order valence-electron chi connectivity index (χ3n) is 16.5. The number of nitrogens with one attached hydrogen (secondary N) is 1. The van der Waals surface area contributed by atoms with Crippen LogP contribution in [0.5, 0.6) is 0 Å². The molecule has 1 aliphatic rings. The van der Waals surface area contributed by atoms with Gasteiger partial charge in [-0.2, -0.15) is 0 Å². The van der Waals surface area contributed by atoms with Crippen LogP contribution in [0.1, 0.15) is 348 Å². The standard InChI is InChI=1S/C68H131NO8/c1-3-5-7-9-11-13-15-17-19-21-23-25-27-28-29-30-31-32-33-34-36-38-40-42-44-46-48-50-52-54-56-58-64(72)69-61(60-76-68-67(75)66(74)65(73)63(59-70)77-68)62(71)57-55-53-51-49-47-45-43-41-39-37-35-26-24-22-20-18-16-14-12-10-8-6-4-2/h28-29,55,57,61-63,65-68,70-71,73-75H,3-27,30-54,56,58-60H2,1-2H3,(H,69,72)/b29-28-,57-55+. The Bertz CT molecular complexity index is 1260. The van der Waals surface area contributed by atoms with Crippen LogP contribution in [0.4, 0.5) is 0 Å². The van der Waals surface area contributed by atoms with Crippen LogP contribution in [0, 0.1) is 0 Å². The van der Waals surface area contributed by atoms with Crippen molar-refractivity contribution in [1.82, 2.24) is 5.32 Å². The zero-order valence-electron chi connectivity index (χ0n) is 51.0. The van der Waals surface area contributed by atoms with Gasteiger partial charge in [-0.15, -0.1) is 0 Å². The highest BCUT2D eigenvalue weighted by Crippen LogP contribution is 2.23. The number of carbonyl (C=O) groups is 1. The van der Waals surface area contributed by atoms with Gasteiger partial charge in [-0.3, -0.25) is 4.79 Å². The summed E-state index contributed by atoms with van der Waals surface area (Å²) in [6, 6.07) is -0.804. The van der Waals surface area contributed by atoms with E-state index in [1.807, 2.05) is 6.08 Å². The summed E-state index contributed by atoms with van der Waals surface area (Å²) in [5, 5.41) is 54.7. The molecule has 0 aromatic carbocycles. The molecule has 1 saturated heterocycles. The molecule has 456 valence electrons. The summed E-state index contributed by atoms with van der Waals surface area (Å²) in [5.41, 5.74) is 0. The molecule has 77 heavy (non-hydrogen) atoms. The zero-order chi connectivity index (χ0) is 55.8. The molecular weight excluding hydrogens is 959 g/mol. The third-order valence-corrected chi connectivity index (χ3v) is 16.5. The van der Waals surface area contributed by atoms with Crippen molar-refractivity contribution in [3.63, 3.8) is 0 Å². The van der Waals surface area contributed by atoms with Gasteiger partial charge in [0.25, 0.3) is 0 Å². The Labute approximate surface area is 477 Å². The molecule has 0 bridgehead atoms. The zero-order valence-corrected chi connectivity index (χ0v) is 51.0. The van der Waals surface area contributed by atoms with E-state index in [2.05, 4.69) is 31.3 Å². The normalized spacial score (nSPS) is 18.8. The lowest BCUT2D eigenvalue weighted by atomic mass is 9.99. The monoisotopic (exact) mass is 1090 g/mol. The summed E-state index contributed by atoms with van der Waals surface area (Å²) >= 11 is 0. The van der Waals surface area contributed by atoms with Gasteiger partial charge in [0.2, 0.25) is 5.91 Å². The summed E-state index contributed by atoms with van der Waals surface area (Å²) in [7, 11) is 0. The molecule has 1 aliphatic heterocycles. The second-order valence-corrected chi connectivity index (χ2v) is 24.0. The average Bonchev–Trinajstić information content (AvgIpc) is 3.43. The predicted molar refractivity (Wildman–Crippen MR) is 327 cm³/mol. The molecule has 0 aromatic rings. The van der Waals surface area contributed by atoms with Crippen LogP contribution >= 0.6 is 0 Å². The van der Waals surface area contributed by atoms with Crippen LogP contribution in [0.25, 0.3) is 0 Å². The fraction of sp³-hybridized carbons (Fsp3) is 0.926. The van der Waals surface area contributed by atoms with E-state index < -0.39 is 49.5 Å². The summed E-state index contributed by atoms with van der Waals surface area (Å²) in [6.45, 7) is 3.84. The molecule has 0 aromatic heterocycles. The molecule has 1 fully saturated rings. The Morgan fingerprint density at radius 3 is 1.05 bits per heavy atom. The highest BCUT2D eigenvalue weighted by molar-refractivity contribution is 5.76. The summed E-state index contributed by atoms with van der Waals surface area (Å²) in [4.78, 5) is 13.1. The first-order valence-corrected chi connectivity index (χ1v) is 34.1. The second-order valence-electron chi connectivity index (χ2n) is 24.0. The smallest absolute Gasteiger partial charge is 0.220 e. The highest BCUT2D eigenvalue weighted by Gasteiger charge is 2.44. The van der Waals surface area contributed by atoms with E-state index in [0.29, 0.717) is 6.42 Å². The van der Waals surface area contributed by atoms with Crippen molar-refractivity contribution in [2.75, 3.05) is 13.2 Å². The molecule has 7 atom stereocenters. The fourth-order valence-electron chi connectivity index (χ4n) is 11.2. The lowest BCUT2D eigenvalue weighted by Gasteiger charge is -2.40. The highest BCUT2D eigenvalue weighted by atomic mass is 16.7. The Morgan fingerprint density at radius 2 is 0.727 bits per heavy atom. The largest absolute Gasteiger partial charge is 0.394 e. The van der Waals surface area contributed by atoms with Gasteiger partial charge in [-0.05, 0) is 44.9 Å². The molecular formula is C68H131NO8. The maximum absolute atomic E-state index is 13.1. The van der Waals surface area contributed by atoms with Gasteiger partial charge >= 0.3 is 0 Å². The van der Waals surface area contributed by atoms with Crippen LogP contribution in [0.2, 0.25) is 0 Å². The number of amides is 1. The minimum atomic E-state index is -1.57. The van der Waals surface area contributed by atoms with E-state index in [4.69, 9.17) is 9.47 Å². The number of allylic oxidation sites excluding steroid dienone is 3. The van der Waals surface area contributed by atoms with Gasteiger partial charge in [0.05, 0.1) is 25.4 Å². The van der Waals surface area contributed by atoms with E-state index in [-0.39, 0.29) is 12.5 Å². The van der Waals surface area contributed by atoms with Gasteiger partial charge in [0.1, 0.15) is 24.4 Å². The quantitative estimate of drug-likeness (QED) is 0.0261. The van der Waals surface area contributed by atoms with E-state index in [1.54, 1.807) is 6.08 Å². The first kappa shape index (κ1) is 73.7. The van der Waals surface area contributed by atoms with Crippen LogP contribution in [0.15, 0.2) is 24.3 Å². The third kappa shape index (κ3) is 46.9. The number of unbranched alkanes of at least 4 members (excludes halogenated alkanes) is 48. The molecule has 1 rings (SSSR count). The van der Waals surface area contributed by atoms with Crippen molar-refractivity contribution >= 4 is 5.91 Å². The number of aliphatic hydroxyl groups excluding tert-OH is 5. The Balaban J connectivity index is 2.13. The molecule has 0 aliphatic carbocycles. The number of hydrogen-bond donors (Lipinski definition) is 6. The van der Waals surface area contributed by atoms with Crippen molar-refractivity contribution in [3.05, 3.63) is 24.3 Å². The second kappa shape index (κ2) is 57.9. The maximum atomic E-state index is 13.1. The van der Waals surface area contributed by atoms with Gasteiger partial charge in [-0.1, -0.05) is 321 Å². The summed E-state index contributed by atoms with van der Waals surface area (Å²) < 4.78 is 11.3. The molecule has 1 amide bonds. The van der Waals surface area contributed by atoms with Crippen LogP contribution < -0.4 is 5.32 Å². The van der Waals surface area contributed by atoms with Crippen molar-refractivity contribution in [2.45, 2.75) is 391 Å². The van der Waals surface area contributed by atoms with Crippen LogP contribution in [0.3, 0.4) is 0 Å². The lowest BCUT2D eigenvalue weighted by molar-refractivity contribution is -0.302. The van der Waals surface area contributed by atoms with E-state index in [1.165, 1.54) is 289 Å². The van der Waals surface area contributed by atoms with Crippen LogP contribution in [-0.2, 0) is 14.3 Å². The van der Waals surface area contributed by atoms with Gasteiger partial charge in [-0.25, -0.2) is 0 Å². The van der Waals surface area contributed by atoms with E-state index >= 15 is 0 Å². The number of ether oxygens (including phenoxy) is 2. The van der Waals surface area contributed by atoms with Gasteiger partial charge in [0, 0.05) is 6.42 Å². The SMILES string of the molecule is CCCCCCCCCCCCCC/C=C\CCCCCCCCCCCCCCCCCC(=O)NC(COC1OC(CO)C(O)C(O)C1O)C(O)/C=C/CCCCCCCCCCCCCCCCCCCCCCC. The molecule has 0 saturated carbocycles. The number of rotatable bonds is 60. The number of aliphatic hydroxyl groups is 5. The molecule has 7 unspecified atom stereocenters. The maximum Gasteiger partial charge on any atom is 0.220 e. The average molecular weight is 1090 g/mol. The predicted octanol–water partition coefficient (Wildman–Crippen LogP) is 18.1. The molecule has 0 radical (unpaired) electrons. The van der Waals surface area contributed by atoms with E-state index in [9.17, 15) is 30.3 Å². The van der Waals surface area contributed by atoms with Crippen molar-refractivity contribution in [2.24, 2.45) is 0 Å². The fourth-order valence-corrected chi connectivity index (χ4v) is 11.2. The van der Waals surface area contributed by atoms with Crippen molar-refractivity contribution in [3.8, 4) is 0 Å². The molecule has 9 nitrogen and oxygen atoms in total. The Kier molecular flexibility index (Phi) is 55.4. The number of hydrogen-bond acceptors (Lipinski definition) is 8. The summed E-state index contributed by atoms with van der Waals surface area (Å²) in [5.74, 6) is -0.170. The first-order valence-electron chi connectivity index (χ1n) is 34.1. The van der Waals surface area contributed by atoms with Gasteiger partial charge in [0.15, 0.2) is 6.29 Å². The molecule has 1 heterocycles. The molecule has 6 N–H and O–H groups in total. The van der Waals surface area contributed by atoms with Crippen LogP contribution in [-0.4, -0.2) is 87.5 Å². The van der Waals surface area contributed by atoms with E-state index in [0.717, 1.165) is 38.5 Å². The Morgan fingerprint density at radius 1 is 0.429 bits per heavy atom. The van der Waals surface area contributed by atoms with Crippen molar-refractivity contribution < 1.29 is 39.8 Å². The van der Waals surface area contributed by atoms with Crippen molar-refractivity contribution in [1.29, 1.82) is 0 Å². The number of carbonyl (C=O) groups excluding carboxylic acids is 1.